The third kappa shape index (κ3) is 2.92. The number of hydrogen-bond acceptors (Lipinski definition) is 4. The zero-order valence-corrected chi connectivity index (χ0v) is 12.0. The average molecular weight is 259 g/mol. The van der Waals surface area contributed by atoms with E-state index in [2.05, 4.69) is 47.2 Å². The molecule has 102 valence electrons. The van der Waals surface area contributed by atoms with Crippen LogP contribution in [0.25, 0.3) is 11.5 Å². The third-order valence-electron chi connectivity index (χ3n) is 2.83. The van der Waals surface area contributed by atoms with Crippen LogP contribution in [0.15, 0.2) is 18.5 Å². The van der Waals surface area contributed by atoms with Crippen molar-refractivity contribution in [2.24, 2.45) is 0 Å². The molecule has 0 atom stereocenters. The molecule has 0 saturated carbocycles. The molecule has 2 heterocycles. The minimum Gasteiger partial charge on any atom is -0.384 e. The van der Waals surface area contributed by atoms with Crippen LogP contribution in [0.2, 0.25) is 0 Å². The van der Waals surface area contributed by atoms with E-state index in [0.717, 1.165) is 30.3 Å². The molecule has 2 N–H and O–H groups in total. The molecule has 5 heteroatoms. The van der Waals surface area contributed by atoms with E-state index in [1.54, 1.807) is 12.3 Å². The maximum absolute atomic E-state index is 5.90. The molecule has 2 aromatic rings. The van der Waals surface area contributed by atoms with Crippen molar-refractivity contribution in [2.45, 2.75) is 46.1 Å². The van der Waals surface area contributed by atoms with E-state index in [1.165, 1.54) is 0 Å². The summed E-state index contributed by atoms with van der Waals surface area (Å²) in [6.07, 6.45) is 4.81. The largest absolute Gasteiger partial charge is 0.384 e. The van der Waals surface area contributed by atoms with E-state index in [9.17, 15) is 0 Å². The zero-order valence-electron chi connectivity index (χ0n) is 12.0. The van der Waals surface area contributed by atoms with Crippen LogP contribution in [0.1, 0.15) is 39.9 Å². The number of nitrogen functional groups attached to an aromatic ring is 1. The summed E-state index contributed by atoms with van der Waals surface area (Å²) in [6, 6.07) is 1.78. The first-order valence-electron chi connectivity index (χ1n) is 6.58. The van der Waals surface area contributed by atoms with E-state index >= 15 is 0 Å². The topological polar surface area (TPSA) is 69.6 Å². The van der Waals surface area contributed by atoms with Crippen molar-refractivity contribution >= 4 is 5.82 Å². The van der Waals surface area contributed by atoms with Gasteiger partial charge in [0.05, 0.1) is 0 Å². The Kier molecular flexibility index (Phi) is 3.55. The van der Waals surface area contributed by atoms with Gasteiger partial charge in [0.1, 0.15) is 17.3 Å². The van der Waals surface area contributed by atoms with E-state index in [0.29, 0.717) is 5.82 Å². The Labute approximate surface area is 113 Å². The number of aromatic nitrogens is 4. The first kappa shape index (κ1) is 13.5. The average Bonchev–Trinajstić information content (AvgIpc) is 2.76. The highest BCUT2D eigenvalue weighted by Crippen LogP contribution is 2.23. The third-order valence-corrected chi connectivity index (χ3v) is 2.83. The van der Waals surface area contributed by atoms with Crippen molar-refractivity contribution in [3.05, 3.63) is 24.3 Å². The smallest absolute Gasteiger partial charge is 0.158 e. The van der Waals surface area contributed by atoms with Gasteiger partial charge in [0.15, 0.2) is 5.82 Å². The normalized spacial score (nSPS) is 11.8. The fourth-order valence-electron chi connectivity index (χ4n) is 1.88. The number of imidazole rings is 1. The van der Waals surface area contributed by atoms with Crippen LogP contribution >= 0.6 is 0 Å². The molecular formula is C14H21N5. The van der Waals surface area contributed by atoms with Crippen LogP contribution in [-0.4, -0.2) is 19.5 Å². The standard InChI is InChI=1S/C14H21N5/c1-5-7-19-8-6-16-12(19)10-9-11(15)18-13(17-10)14(2,3)4/h6,8-9H,5,7H2,1-4H3,(H2,15,17,18). The number of anilines is 1. The van der Waals surface area contributed by atoms with Crippen LogP contribution in [-0.2, 0) is 12.0 Å². The van der Waals surface area contributed by atoms with Gasteiger partial charge in [-0.3, -0.25) is 0 Å². The summed E-state index contributed by atoms with van der Waals surface area (Å²) in [5, 5.41) is 0. The molecule has 0 unspecified atom stereocenters. The van der Waals surface area contributed by atoms with Gasteiger partial charge in [0.2, 0.25) is 0 Å². The highest BCUT2D eigenvalue weighted by atomic mass is 15.1. The molecule has 0 fully saturated rings. The number of hydrogen-bond donors (Lipinski definition) is 1. The molecule has 0 bridgehead atoms. The summed E-state index contributed by atoms with van der Waals surface area (Å²) in [5.41, 5.74) is 6.55. The summed E-state index contributed by atoms with van der Waals surface area (Å²) < 4.78 is 2.09. The predicted molar refractivity (Wildman–Crippen MR) is 76.7 cm³/mol. The molecule has 0 saturated heterocycles. The Hall–Kier alpha value is -1.91. The monoisotopic (exact) mass is 259 g/mol. The molecule has 0 aromatic carbocycles. The summed E-state index contributed by atoms with van der Waals surface area (Å²) >= 11 is 0. The Morgan fingerprint density at radius 1 is 1.26 bits per heavy atom. The summed E-state index contributed by atoms with van der Waals surface area (Å²) in [4.78, 5) is 13.3. The summed E-state index contributed by atoms with van der Waals surface area (Å²) in [7, 11) is 0. The minimum absolute atomic E-state index is 0.133. The van der Waals surface area contributed by atoms with Crippen LogP contribution in [0.3, 0.4) is 0 Å². The van der Waals surface area contributed by atoms with Crippen molar-refractivity contribution in [1.29, 1.82) is 0 Å². The van der Waals surface area contributed by atoms with Crippen molar-refractivity contribution in [3.8, 4) is 11.5 Å². The van der Waals surface area contributed by atoms with Crippen molar-refractivity contribution in [3.63, 3.8) is 0 Å². The lowest BCUT2D eigenvalue weighted by molar-refractivity contribution is 0.546. The first-order chi connectivity index (χ1) is 8.91. The molecule has 0 aliphatic carbocycles. The van der Waals surface area contributed by atoms with Gasteiger partial charge >= 0.3 is 0 Å². The second-order valence-electron chi connectivity index (χ2n) is 5.70. The maximum atomic E-state index is 5.90. The Morgan fingerprint density at radius 3 is 2.63 bits per heavy atom. The van der Waals surface area contributed by atoms with Gasteiger partial charge in [-0.15, -0.1) is 0 Å². The van der Waals surface area contributed by atoms with Crippen LogP contribution < -0.4 is 5.73 Å². The fraction of sp³-hybridized carbons (Fsp3) is 0.500. The second kappa shape index (κ2) is 4.99. The quantitative estimate of drug-likeness (QED) is 0.920. The van der Waals surface area contributed by atoms with Gasteiger partial charge < -0.3 is 10.3 Å². The summed E-state index contributed by atoms with van der Waals surface area (Å²) in [5.74, 6) is 2.08. The van der Waals surface area contributed by atoms with Crippen LogP contribution in [0.4, 0.5) is 5.82 Å². The highest BCUT2D eigenvalue weighted by molar-refractivity contribution is 5.54. The molecule has 2 rings (SSSR count). The van der Waals surface area contributed by atoms with Crippen molar-refractivity contribution < 1.29 is 0 Å². The van der Waals surface area contributed by atoms with Crippen molar-refractivity contribution in [1.82, 2.24) is 19.5 Å². The van der Waals surface area contributed by atoms with Gasteiger partial charge in [-0.25, -0.2) is 15.0 Å². The molecule has 2 aromatic heterocycles. The molecule has 5 nitrogen and oxygen atoms in total. The van der Waals surface area contributed by atoms with Gasteiger partial charge in [0, 0.05) is 30.4 Å². The molecule has 19 heavy (non-hydrogen) atoms. The SMILES string of the molecule is CCCn1ccnc1-c1cc(N)nc(C(C)(C)C)n1. The fourth-order valence-corrected chi connectivity index (χ4v) is 1.88. The lowest BCUT2D eigenvalue weighted by Gasteiger charge is -2.17. The van der Waals surface area contributed by atoms with E-state index < -0.39 is 0 Å². The predicted octanol–water partition coefficient (Wildman–Crippen LogP) is 2.63. The minimum atomic E-state index is -0.133. The molecule has 0 aliphatic heterocycles. The molecule has 0 amide bonds. The van der Waals surface area contributed by atoms with E-state index in [1.807, 2.05) is 6.20 Å². The lowest BCUT2D eigenvalue weighted by atomic mass is 9.95. The lowest BCUT2D eigenvalue weighted by Crippen LogP contribution is -2.17. The second-order valence-corrected chi connectivity index (χ2v) is 5.70. The Balaban J connectivity index is 2.50. The summed E-state index contributed by atoms with van der Waals surface area (Å²) in [6.45, 7) is 9.28. The zero-order chi connectivity index (χ0) is 14.0. The highest BCUT2D eigenvalue weighted by Gasteiger charge is 2.20. The van der Waals surface area contributed by atoms with Gasteiger partial charge in [0.25, 0.3) is 0 Å². The number of aryl methyl sites for hydroxylation is 1. The van der Waals surface area contributed by atoms with Crippen molar-refractivity contribution in [2.75, 3.05) is 5.73 Å². The molecule has 0 spiro atoms. The van der Waals surface area contributed by atoms with Gasteiger partial charge in [-0.2, -0.15) is 0 Å². The van der Waals surface area contributed by atoms with Gasteiger partial charge in [-0.1, -0.05) is 27.7 Å². The van der Waals surface area contributed by atoms with Crippen LogP contribution in [0.5, 0.6) is 0 Å². The molecule has 0 radical (unpaired) electrons. The number of nitrogens with two attached hydrogens (primary N) is 1. The Bertz CT molecular complexity index is 565. The van der Waals surface area contributed by atoms with Crippen LogP contribution in [0, 0.1) is 0 Å². The van der Waals surface area contributed by atoms with E-state index in [-0.39, 0.29) is 5.41 Å². The first-order valence-corrected chi connectivity index (χ1v) is 6.58. The maximum Gasteiger partial charge on any atom is 0.158 e. The Morgan fingerprint density at radius 2 is 2.00 bits per heavy atom. The van der Waals surface area contributed by atoms with Gasteiger partial charge in [-0.05, 0) is 6.42 Å². The number of rotatable bonds is 3. The van der Waals surface area contributed by atoms with E-state index in [4.69, 9.17) is 5.73 Å². The number of nitrogens with zero attached hydrogens (tertiary/aromatic N) is 4. The molecule has 0 aliphatic rings. The molecular weight excluding hydrogens is 238 g/mol.